The lowest BCUT2D eigenvalue weighted by molar-refractivity contribution is 0.438. The third-order valence-electron chi connectivity index (χ3n) is 1.28. The Morgan fingerprint density at radius 3 is 2.50 bits per heavy atom. The molecular formula is C5H9N3O3S. The van der Waals surface area contributed by atoms with Gasteiger partial charge in [-0.05, 0) is 0 Å². The van der Waals surface area contributed by atoms with Gasteiger partial charge in [0.1, 0.15) is 0 Å². The van der Waals surface area contributed by atoms with Gasteiger partial charge in [0.25, 0.3) is 0 Å². The molecule has 0 atom stereocenters. The van der Waals surface area contributed by atoms with Gasteiger partial charge in [-0.2, -0.15) is 0 Å². The first-order valence-corrected chi connectivity index (χ1v) is 4.99. The summed E-state index contributed by atoms with van der Waals surface area (Å²) < 4.78 is 26.6. The minimum absolute atomic E-state index is 0.0926. The molecule has 1 aromatic rings. The maximum atomic E-state index is 11.1. The van der Waals surface area contributed by atoms with Crippen LogP contribution in [0.1, 0.15) is 0 Å². The Hall–Kier alpha value is -1.24. The molecular weight excluding hydrogens is 182 g/mol. The van der Waals surface area contributed by atoms with Gasteiger partial charge in [-0.3, -0.25) is 0 Å². The van der Waals surface area contributed by atoms with Crippen LogP contribution in [-0.2, 0) is 9.84 Å². The van der Waals surface area contributed by atoms with Crippen molar-refractivity contribution in [3.8, 4) is 0 Å². The van der Waals surface area contributed by atoms with Gasteiger partial charge in [-0.15, -0.1) is 0 Å². The molecule has 0 aliphatic heterocycles. The van der Waals surface area contributed by atoms with E-state index in [1.807, 2.05) is 0 Å². The van der Waals surface area contributed by atoms with E-state index in [9.17, 15) is 8.42 Å². The smallest absolute Gasteiger partial charge is 0.243 e. The Balaban J connectivity index is 3.39. The highest BCUT2D eigenvalue weighted by Gasteiger charge is 2.22. The Morgan fingerprint density at radius 2 is 2.17 bits per heavy atom. The Labute approximate surface area is 69.6 Å². The highest BCUT2D eigenvalue weighted by atomic mass is 32.2. The predicted molar refractivity (Wildman–Crippen MR) is 43.6 cm³/mol. The van der Waals surface area contributed by atoms with Gasteiger partial charge in [-0.1, -0.05) is 5.16 Å². The average Bonchev–Trinajstić information content (AvgIpc) is 2.29. The molecule has 3 N–H and O–H groups in total. The molecule has 6 nitrogen and oxygen atoms in total. The molecule has 0 saturated carbocycles. The van der Waals surface area contributed by atoms with E-state index in [0.717, 1.165) is 6.26 Å². The highest BCUT2D eigenvalue weighted by molar-refractivity contribution is 7.91. The molecule has 1 aromatic heterocycles. The molecule has 0 spiro atoms. The number of rotatable bonds is 2. The molecule has 0 amide bonds. The first kappa shape index (κ1) is 8.85. The Kier molecular flexibility index (Phi) is 1.97. The quantitative estimate of drug-likeness (QED) is 0.666. The molecule has 0 unspecified atom stereocenters. The van der Waals surface area contributed by atoms with E-state index in [1.54, 1.807) is 0 Å². The number of nitrogens with zero attached hydrogens (tertiary/aromatic N) is 1. The van der Waals surface area contributed by atoms with Crippen molar-refractivity contribution in [3.05, 3.63) is 0 Å². The Bertz CT molecular complexity index is 381. The molecule has 0 aromatic carbocycles. The van der Waals surface area contributed by atoms with Crippen LogP contribution in [0.5, 0.6) is 0 Å². The third-order valence-corrected chi connectivity index (χ3v) is 2.42. The number of nitrogen functional groups attached to an aromatic ring is 1. The Morgan fingerprint density at radius 1 is 1.58 bits per heavy atom. The zero-order valence-electron chi connectivity index (χ0n) is 6.66. The number of aromatic nitrogens is 1. The second-order valence-electron chi connectivity index (χ2n) is 2.25. The summed E-state index contributed by atoms with van der Waals surface area (Å²) in [5.74, 6) is -0.0585. The van der Waals surface area contributed by atoms with E-state index < -0.39 is 9.84 Å². The van der Waals surface area contributed by atoms with Crippen LogP contribution in [0, 0.1) is 0 Å². The van der Waals surface area contributed by atoms with Crippen molar-refractivity contribution in [2.45, 2.75) is 4.90 Å². The fourth-order valence-corrected chi connectivity index (χ4v) is 1.71. The van der Waals surface area contributed by atoms with Crippen LogP contribution >= 0.6 is 0 Å². The van der Waals surface area contributed by atoms with E-state index in [2.05, 4.69) is 15.0 Å². The molecule has 0 aliphatic carbocycles. The number of anilines is 2. The zero-order chi connectivity index (χ0) is 9.35. The number of nitrogens with one attached hydrogen (secondary N) is 1. The average molecular weight is 191 g/mol. The predicted octanol–water partition coefficient (Wildman–Crippen LogP) is -0.298. The lowest BCUT2D eigenvalue weighted by atomic mass is 10.6. The largest absolute Gasteiger partial charge is 0.369 e. The van der Waals surface area contributed by atoms with Gasteiger partial charge in [-0.25, -0.2) is 8.42 Å². The number of hydrogen-bond acceptors (Lipinski definition) is 6. The van der Waals surface area contributed by atoms with Crippen molar-refractivity contribution < 1.29 is 12.9 Å². The van der Waals surface area contributed by atoms with E-state index >= 15 is 0 Å². The van der Waals surface area contributed by atoms with Gasteiger partial charge < -0.3 is 15.6 Å². The summed E-state index contributed by atoms with van der Waals surface area (Å²) in [6, 6.07) is 0. The topological polar surface area (TPSA) is 98.2 Å². The third kappa shape index (κ3) is 1.35. The van der Waals surface area contributed by atoms with Crippen molar-refractivity contribution in [3.63, 3.8) is 0 Å². The summed E-state index contributed by atoms with van der Waals surface area (Å²) in [6.07, 6.45) is 1.04. The normalized spacial score (nSPS) is 11.5. The lowest BCUT2D eigenvalue weighted by Gasteiger charge is -1.96. The van der Waals surface area contributed by atoms with Crippen molar-refractivity contribution in [1.29, 1.82) is 0 Å². The van der Waals surface area contributed by atoms with E-state index in [4.69, 9.17) is 5.73 Å². The minimum atomic E-state index is -3.38. The molecule has 0 bridgehead atoms. The monoisotopic (exact) mass is 191 g/mol. The van der Waals surface area contributed by atoms with Gasteiger partial charge in [0.2, 0.25) is 5.88 Å². The first-order chi connectivity index (χ1) is 5.46. The maximum Gasteiger partial charge on any atom is 0.243 e. The first-order valence-electron chi connectivity index (χ1n) is 3.09. The molecule has 1 heterocycles. The van der Waals surface area contributed by atoms with Gasteiger partial charge in [0.05, 0.1) is 0 Å². The molecule has 7 heteroatoms. The molecule has 68 valence electrons. The number of hydrogen-bond donors (Lipinski definition) is 2. The van der Waals surface area contributed by atoms with Crippen LogP contribution in [0.15, 0.2) is 9.42 Å². The van der Waals surface area contributed by atoms with Gasteiger partial charge in [0.15, 0.2) is 20.6 Å². The maximum absolute atomic E-state index is 11.1. The zero-order valence-corrected chi connectivity index (χ0v) is 7.47. The fourth-order valence-electron chi connectivity index (χ4n) is 0.812. The van der Waals surface area contributed by atoms with Crippen LogP contribution in [0.3, 0.4) is 0 Å². The lowest BCUT2D eigenvalue weighted by Crippen LogP contribution is -2.03. The molecule has 0 fully saturated rings. The van der Waals surface area contributed by atoms with Crippen LogP contribution in [0.25, 0.3) is 0 Å². The summed E-state index contributed by atoms with van der Waals surface area (Å²) >= 11 is 0. The summed E-state index contributed by atoms with van der Waals surface area (Å²) in [6.45, 7) is 0. The van der Waals surface area contributed by atoms with Crippen molar-refractivity contribution in [2.24, 2.45) is 0 Å². The van der Waals surface area contributed by atoms with Crippen molar-refractivity contribution >= 4 is 21.5 Å². The van der Waals surface area contributed by atoms with E-state index in [0.29, 0.717) is 0 Å². The summed E-state index contributed by atoms with van der Waals surface area (Å²) in [5.41, 5.74) is 5.25. The van der Waals surface area contributed by atoms with Crippen LogP contribution in [0.4, 0.5) is 11.7 Å². The van der Waals surface area contributed by atoms with Crippen LogP contribution < -0.4 is 11.1 Å². The molecule has 0 radical (unpaired) electrons. The number of sulfone groups is 1. The van der Waals surface area contributed by atoms with Crippen molar-refractivity contribution in [1.82, 2.24) is 5.16 Å². The molecule has 0 aliphatic rings. The SMILES string of the molecule is CNc1noc(N)c1S(C)(=O)=O. The van der Waals surface area contributed by atoms with E-state index in [-0.39, 0.29) is 16.6 Å². The van der Waals surface area contributed by atoms with Gasteiger partial charge in [0, 0.05) is 13.3 Å². The standard InChI is InChI=1S/C5H9N3O3S/c1-7-5-3(12(2,9)10)4(6)11-8-5/h6H2,1-2H3,(H,7,8). The van der Waals surface area contributed by atoms with Crippen LogP contribution in [-0.4, -0.2) is 26.9 Å². The van der Waals surface area contributed by atoms with Crippen molar-refractivity contribution in [2.75, 3.05) is 24.4 Å². The molecule has 0 saturated heterocycles. The fraction of sp³-hybridized carbons (Fsp3) is 0.400. The summed E-state index contributed by atoms with van der Waals surface area (Å²) in [7, 11) is -1.84. The summed E-state index contributed by atoms with van der Waals surface area (Å²) in [4.78, 5) is -0.0926. The second kappa shape index (κ2) is 2.67. The number of nitrogens with two attached hydrogens (primary N) is 1. The van der Waals surface area contributed by atoms with Gasteiger partial charge >= 0.3 is 0 Å². The highest BCUT2D eigenvalue weighted by Crippen LogP contribution is 2.25. The van der Waals surface area contributed by atoms with E-state index in [1.165, 1.54) is 7.05 Å². The minimum Gasteiger partial charge on any atom is -0.369 e. The molecule has 12 heavy (non-hydrogen) atoms. The van der Waals surface area contributed by atoms with Crippen LogP contribution in [0.2, 0.25) is 0 Å². The second-order valence-corrected chi connectivity index (χ2v) is 4.20. The summed E-state index contributed by atoms with van der Waals surface area (Å²) in [5, 5.41) is 5.97. The molecule has 1 rings (SSSR count).